The summed E-state index contributed by atoms with van der Waals surface area (Å²) in [5.41, 5.74) is -0.322. The zero-order valence-electron chi connectivity index (χ0n) is 21.7. The van der Waals surface area contributed by atoms with Crippen LogP contribution in [-0.4, -0.2) is 61.6 Å². The topological polar surface area (TPSA) is 183 Å². The Morgan fingerprint density at radius 1 is 1.00 bits per heavy atom. The molecule has 2 aromatic rings. The molecule has 2 rings (SSSR count). The summed E-state index contributed by atoms with van der Waals surface area (Å²) in [6.45, 7) is 5.29. The lowest BCUT2D eigenvalue weighted by molar-refractivity contribution is -0.192. The number of benzene rings is 2. The summed E-state index contributed by atoms with van der Waals surface area (Å²) in [4.78, 5) is 32.3. The van der Waals surface area contributed by atoms with Crippen LogP contribution in [0.3, 0.4) is 0 Å². The smallest absolute Gasteiger partial charge is 0.490 e. The molecule has 3 amide bonds. The summed E-state index contributed by atoms with van der Waals surface area (Å²) in [5.74, 6) is -3.47. The number of alkyl halides is 3. The van der Waals surface area contributed by atoms with E-state index in [1.165, 1.54) is 12.1 Å². The number of phenolic OH excluding ortho intramolecular Hbond substituents is 1. The van der Waals surface area contributed by atoms with Crippen molar-refractivity contribution >= 4 is 67.0 Å². The van der Waals surface area contributed by atoms with E-state index in [1.807, 2.05) is 0 Å². The third-order valence-corrected chi connectivity index (χ3v) is 6.93. The van der Waals surface area contributed by atoms with Gasteiger partial charge in [-0.1, -0.05) is 23.7 Å². The predicted molar refractivity (Wildman–Crippen MR) is 148 cm³/mol. The molecule has 2 aromatic carbocycles. The van der Waals surface area contributed by atoms with E-state index in [0.717, 1.165) is 0 Å². The summed E-state index contributed by atoms with van der Waals surface area (Å²) >= 11 is 9.33. The molecule has 6 N–H and O–H groups in total. The highest BCUT2D eigenvalue weighted by Gasteiger charge is 2.38. The fourth-order valence-corrected chi connectivity index (χ4v) is 4.70. The number of rotatable bonds is 8. The van der Waals surface area contributed by atoms with Crippen molar-refractivity contribution in [1.29, 1.82) is 0 Å². The Kier molecular flexibility index (Phi) is 13.2. The summed E-state index contributed by atoms with van der Waals surface area (Å²) in [6, 6.07) is 8.70. The lowest BCUT2D eigenvalue weighted by atomic mass is 10.2. The number of carboxylic acids is 1. The number of ether oxygens (including phenoxy) is 1. The van der Waals surface area contributed by atoms with Gasteiger partial charge in [-0.2, -0.15) is 13.2 Å². The number of amides is 3. The average Bonchev–Trinajstić information content (AvgIpc) is 2.80. The number of phenols is 1. The monoisotopic (exact) mass is 690 g/mol. The summed E-state index contributed by atoms with van der Waals surface area (Å²) in [7, 11) is -4.23. The Morgan fingerprint density at radius 2 is 1.56 bits per heavy atom. The van der Waals surface area contributed by atoms with E-state index >= 15 is 0 Å². The molecule has 0 fully saturated rings. The van der Waals surface area contributed by atoms with Gasteiger partial charge in [0.2, 0.25) is 10.0 Å². The number of aromatic hydroxyl groups is 1. The minimum Gasteiger partial charge on any atom is -0.504 e. The Morgan fingerprint density at radius 3 is 2.10 bits per heavy atom. The number of carbonyl (C=O) groups is 3. The third kappa shape index (κ3) is 12.8. The molecule has 228 valence electrons. The first-order chi connectivity index (χ1) is 18.7. The molecule has 0 unspecified atom stereocenters. The van der Waals surface area contributed by atoms with Crippen molar-refractivity contribution < 1.29 is 50.9 Å². The molecule has 0 saturated heterocycles. The van der Waals surface area contributed by atoms with Crippen LogP contribution in [-0.2, 0) is 19.6 Å². The van der Waals surface area contributed by atoms with Crippen LogP contribution in [0.15, 0.2) is 45.8 Å². The predicted octanol–water partition coefficient (Wildman–Crippen LogP) is 5.28. The van der Waals surface area contributed by atoms with Crippen molar-refractivity contribution in [3.8, 4) is 5.75 Å². The first kappa shape index (κ1) is 35.7. The quantitative estimate of drug-likeness (QED) is 0.160. The molecular formula is C23H27BrClF3N4O8S. The van der Waals surface area contributed by atoms with Crippen molar-refractivity contribution in [1.82, 2.24) is 10.0 Å². The van der Waals surface area contributed by atoms with Gasteiger partial charge in [0.1, 0.15) is 10.5 Å². The highest BCUT2D eigenvalue weighted by molar-refractivity contribution is 9.10. The minimum atomic E-state index is -5.08. The summed E-state index contributed by atoms with van der Waals surface area (Å²) in [6.07, 6.45) is -5.45. The van der Waals surface area contributed by atoms with Crippen LogP contribution >= 0.6 is 27.5 Å². The van der Waals surface area contributed by atoms with E-state index in [2.05, 4.69) is 36.6 Å². The SMILES string of the molecule is CC(C)(C)OC(=O)NCCCNS(=O)(=O)c1c(Cl)ccc(NC(=O)Nc2ccccc2Br)c1O.O=C(O)C(F)(F)F. The van der Waals surface area contributed by atoms with Crippen molar-refractivity contribution in [2.45, 2.75) is 43.9 Å². The van der Waals surface area contributed by atoms with E-state index < -0.39 is 50.5 Å². The first-order valence-electron chi connectivity index (χ1n) is 11.3. The molecule has 41 heavy (non-hydrogen) atoms. The van der Waals surface area contributed by atoms with E-state index in [4.69, 9.17) is 26.2 Å². The molecule has 0 aliphatic carbocycles. The van der Waals surface area contributed by atoms with E-state index in [-0.39, 0.29) is 30.2 Å². The second-order valence-corrected chi connectivity index (χ2v) is 11.8. The van der Waals surface area contributed by atoms with Gasteiger partial charge >= 0.3 is 24.3 Å². The number of aliphatic carboxylic acids is 1. The third-order valence-electron chi connectivity index (χ3n) is 4.28. The van der Waals surface area contributed by atoms with Crippen LogP contribution in [0.2, 0.25) is 5.02 Å². The van der Waals surface area contributed by atoms with Crippen LogP contribution < -0.4 is 20.7 Å². The van der Waals surface area contributed by atoms with Crippen molar-refractivity contribution in [2.75, 3.05) is 23.7 Å². The molecule has 0 aliphatic heterocycles. The lowest BCUT2D eigenvalue weighted by Gasteiger charge is -2.19. The number of halogens is 5. The van der Waals surface area contributed by atoms with Gasteiger partial charge in [0.15, 0.2) is 5.75 Å². The number of nitrogens with one attached hydrogen (secondary N) is 4. The molecule has 0 bridgehead atoms. The number of anilines is 2. The number of alkyl carbamates (subject to hydrolysis) is 1. The molecule has 0 atom stereocenters. The van der Waals surface area contributed by atoms with Crippen molar-refractivity contribution in [2.24, 2.45) is 0 Å². The normalized spacial score (nSPS) is 11.5. The Labute approximate surface area is 246 Å². The maximum Gasteiger partial charge on any atom is 0.490 e. The Hall–Kier alpha value is -3.28. The molecule has 0 aromatic heterocycles. The lowest BCUT2D eigenvalue weighted by Crippen LogP contribution is -2.34. The van der Waals surface area contributed by atoms with Gasteiger partial charge in [0.05, 0.1) is 16.4 Å². The minimum absolute atomic E-state index is 0.0475. The maximum absolute atomic E-state index is 12.7. The Balaban J connectivity index is 0.00000106. The molecular weight excluding hydrogens is 665 g/mol. The maximum atomic E-state index is 12.7. The van der Waals surface area contributed by atoms with Gasteiger partial charge in [-0.05, 0) is 67.4 Å². The van der Waals surface area contributed by atoms with Crippen LogP contribution in [0, 0.1) is 0 Å². The second kappa shape index (κ2) is 15.1. The molecule has 12 nitrogen and oxygen atoms in total. The standard InChI is InChI=1S/C21H26BrClN4O6S.C2HF3O2/c1-21(2,3)33-20(30)24-11-6-12-25-34(31,32)18-14(23)9-10-16(17(18)28)27-19(29)26-15-8-5-4-7-13(15)22;3-2(4,5)1(6)7/h4-5,7-10,25,28H,6,11-12H2,1-3H3,(H,24,30)(H2,26,27,29);(H,6,7). The van der Waals surface area contributed by atoms with Gasteiger partial charge in [-0.25, -0.2) is 27.5 Å². The van der Waals surface area contributed by atoms with Crippen LogP contribution in [0.4, 0.5) is 34.1 Å². The zero-order chi connectivity index (χ0) is 31.6. The van der Waals surface area contributed by atoms with Gasteiger partial charge < -0.3 is 30.9 Å². The van der Waals surface area contributed by atoms with Crippen LogP contribution in [0.1, 0.15) is 27.2 Å². The van der Waals surface area contributed by atoms with E-state index in [0.29, 0.717) is 10.2 Å². The number of sulfonamides is 1. The van der Waals surface area contributed by atoms with E-state index in [9.17, 15) is 36.3 Å². The highest BCUT2D eigenvalue weighted by Crippen LogP contribution is 2.37. The summed E-state index contributed by atoms with van der Waals surface area (Å²) in [5, 5.41) is 24.9. The number of para-hydroxylation sites is 1. The summed E-state index contributed by atoms with van der Waals surface area (Å²) < 4.78 is 65.2. The van der Waals surface area contributed by atoms with E-state index in [1.54, 1.807) is 45.0 Å². The molecule has 0 spiro atoms. The number of carboxylic acid groups (broad SMARTS) is 1. The second-order valence-electron chi connectivity index (χ2n) is 8.81. The largest absolute Gasteiger partial charge is 0.504 e. The van der Waals surface area contributed by atoms with Gasteiger partial charge in [0.25, 0.3) is 0 Å². The Bertz CT molecular complexity index is 1360. The molecule has 18 heteroatoms. The number of urea groups is 1. The first-order valence-corrected chi connectivity index (χ1v) is 14.0. The zero-order valence-corrected chi connectivity index (χ0v) is 24.9. The van der Waals surface area contributed by atoms with Gasteiger partial charge in [-0.3, -0.25) is 0 Å². The van der Waals surface area contributed by atoms with Crippen molar-refractivity contribution in [3.63, 3.8) is 0 Å². The number of hydrogen-bond donors (Lipinski definition) is 6. The van der Waals surface area contributed by atoms with Gasteiger partial charge in [-0.15, -0.1) is 0 Å². The molecule has 0 aliphatic rings. The highest BCUT2D eigenvalue weighted by atomic mass is 79.9. The molecule has 0 heterocycles. The van der Waals surface area contributed by atoms with Crippen LogP contribution in [0.25, 0.3) is 0 Å². The van der Waals surface area contributed by atoms with Crippen LogP contribution in [0.5, 0.6) is 5.75 Å². The fraction of sp³-hybridized carbons (Fsp3) is 0.348. The molecule has 0 radical (unpaired) electrons. The average molecular weight is 692 g/mol. The van der Waals surface area contributed by atoms with Gasteiger partial charge in [0, 0.05) is 17.6 Å². The number of hydrogen-bond acceptors (Lipinski definition) is 7. The fourth-order valence-electron chi connectivity index (χ4n) is 2.61. The molecule has 0 saturated carbocycles. The van der Waals surface area contributed by atoms with Crippen molar-refractivity contribution in [3.05, 3.63) is 45.9 Å². The number of carbonyl (C=O) groups excluding carboxylic acids is 2.